The monoisotopic (exact) mass is 218 g/mol. The standard InChI is InChI=1S/C14H22N2/c1-14(2,9-16-10-15)13-7-6-11-4-3-5-12(11)8-13/h6-8,16H,3-5,9-10,15H2,1-2H3. The summed E-state index contributed by atoms with van der Waals surface area (Å²) in [5.41, 5.74) is 10.2. The van der Waals surface area contributed by atoms with Crippen molar-refractivity contribution in [3.63, 3.8) is 0 Å². The van der Waals surface area contributed by atoms with E-state index in [0.29, 0.717) is 6.67 Å². The summed E-state index contributed by atoms with van der Waals surface area (Å²) >= 11 is 0. The molecule has 2 heteroatoms. The number of rotatable bonds is 4. The molecule has 0 spiro atoms. The molecule has 88 valence electrons. The fraction of sp³-hybridized carbons (Fsp3) is 0.571. The SMILES string of the molecule is CC(C)(CNCN)c1ccc2c(c1)CCC2. The van der Waals surface area contributed by atoms with Crippen LogP contribution in [0.5, 0.6) is 0 Å². The zero-order chi connectivity index (χ0) is 11.6. The minimum absolute atomic E-state index is 0.164. The van der Waals surface area contributed by atoms with E-state index >= 15 is 0 Å². The van der Waals surface area contributed by atoms with Crippen LogP contribution in [0.15, 0.2) is 18.2 Å². The predicted octanol–water partition coefficient (Wildman–Crippen LogP) is 1.96. The molecule has 1 aliphatic carbocycles. The van der Waals surface area contributed by atoms with Gasteiger partial charge in [0, 0.05) is 18.6 Å². The Balaban J connectivity index is 2.20. The van der Waals surface area contributed by atoms with E-state index in [0.717, 1.165) is 6.54 Å². The molecule has 16 heavy (non-hydrogen) atoms. The van der Waals surface area contributed by atoms with Crippen LogP contribution in [0.25, 0.3) is 0 Å². The van der Waals surface area contributed by atoms with Crippen LogP contribution in [0.2, 0.25) is 0 Å². The van der Waals surface area contributed by atoms with Crippen molar-refractivity contribution in [3.8, 4) is 0 Å². The largest absolute Gasteiger partial charge is 0.318 e. The van der Waals surface area contributed by atoms with Gasteiger partial charge >= 0.3 is 0 Å². The van der Waals surface area contributed by atoms with Crippen molar-refractivity contribution < 1.29 is 0 Å². The highest BCUT2D eigenvalue weighted by atomic mass is 15.0. The molecule has 0 atom stereocenters. The molecule has 0 radical (unpaired) electrons. The Morgan fingerprint density at radius 2 is 2.00 bits per heavy atom. The molecule has 1 aromatic rings. The molecule has 2 nitrogen and oxygen atoms in total. The van der Waals surface area contributed by atoms with Gasteiger partial charge in [0.15, 0.2) is 0 Å². The molecule has 3 N–H and O–H groups in total. The number of aryl methyl sites for hydroxylation is 2. The molecular weight excluding hydrogens is 196 g/mol. The van der Waals surface area contributed by atoms with Gasteiger partial charge in [-0.3, -0.25) is 0 Å². The lowest BCUT2D eigenvalue weighted by atomic mass is 9.83. The third kappa shape index (κ3) is 2.28. The van der Waals surface area contributed by atoms with Gasteiger partial charge in [0.25, 0.3) is 0 Å². The fourth-order valence-electron chi connectivity index (χ4n) is 2.48. The van der Waals surface area contributed by atoms with Gasteiger partial charge in [-0.25, -0.2) is 0 Å². The highest BCUT2D eigenvalue weighted by molar-refractivity contribution is 5.38. The number of benzene rings is 1. The number of hydrogen-bond acceptors (Lipinski definition) is 2. The van der Waals surface area contributed by atoms with Crippen molar-refractivity contribution in [1.82, 2.24) is 5.32 Å². The van der Waals surface area contributed by atoms with Gasteiger partial charge in [0.05, 0.1) is 0 Å². The van der Waals surface area contributed by atoms with Crippen LogP contribution in [0, 0.1) is 0 Å². The van der Waals surface area contributed by atoms with E-state index in [1.54, 1.807) is 11.1 Å². The Morgan fingerprint density at radius 3 is 2.75 bits per heavy atom. The molecule has 1 aromatic carbocycles. The smallest absolute Gasteiger partial charge is 0.0429 e. The summed E-state index contributed by atoms with van der Waals surface area (Å²) in [6.07, 6.45) is 3.83. The van der Waals surface area contributed by atoms with Gasteiger partial charge in [-0.15, -0.1) is 0 Å². The maximum Gasteiger partial charge on any atom is 0.0429 e. The molecule has 1 aliphatic rings. The molecule has 0 bridgehead atoms. The molecule has 2 rings (SSSR count). The minimum atomic E-state index is 0.164. The number of nitrogens with two attached hydrogens (primary N) is 1. The van der Waals surface area contributed by atoms with Crippen molar-refractivity contribution in [3.05, 3.63) is 34.9 Å². The lowest BCUT2D eigenvalue weighted by Gasteiger charge is -2.26. The molecule has 0 unspecified atom stereocenters. The van der Waals surface area contributed by atoms with E-state index in [-0.39, 0.29) is 5.41 Å². The summed E-state index contributed by atoms with van der Waals surface area (Å²) in [5.74, 6) is 0. The van der Waals surface area contributed by atoms with Gasteiger partial charge in [0.1, 0.15) is 0 Å². The first-order valence-electron chi connectivity index (χ1n) is 6.16. The molecular formula is C14H22N2. The Hall–Kier alpha value is -0.860. The average molecular weight is 218 g/mol. The molecule has 0 saturated heterocycles. The van der Waals surface area contributed by atoms with Crippen LogP contribution in [-0.2, 0) is 18.3 Å². The highest BCUT2D eigenvalue weighted by Crippen LogP contribution is 2.28. The van der Waals surface area contributed by atoms with E-state index in [9.17, 15) is 0 Å². The summed E-state index contributed by atoms with van der Waals surface area (Å²) in [6.45, 7) is 6.02. The number of fused-ring (bicyclic) bond motifs is 1. The van der Waals surface area contributed by atoms with Gasteiger partial charge in [-0.1, -0.05) is 32.0 Å². The summed E-state index contributed by atoms with van der Waals surface area (Å²) in [7, 11) is 0. The van der Waals surface area contributed by atoms with Gasteiger partial charge < -0.3 is 11.1 Å². The van der Waals surface area contributed by atoms with Gasteiger partial charge in [0.2, 0.25) is 0 Å². The second kappa shape index (κ2) is 4.56. The molecule has 0 heterocycles. The first kappa shape index (κ1) is 11.6. The van der Waals surface area contributed by atoms with Crippen LogP contribution in [0.4, 0.5) is 0 Å². The van der Waals surface area contributed by atoms with E-state index in [4.69, 9.17) is 5.73 Å². The van der Waals surface area contributed by atoms with Crippen molar-refractivity contribution in [2.75, 3.05) is 13.2 Å². The van der Waals surface area contributed by atoms with Crippen LogP contribution in [0.1, 0.15) is 37.0 Å². The maximum absolute atomic E-state index is 5.49. The maximum atomic E-state index is 5.49. The second-order valence-corrected chi connectivity index (χ2v) is 5.35. The Kier molecular flexibility index (Phi) is 3.31. The van der Waals surface area contributed by atoms with E-state index in [1.807, 2.05) is 0 Å². The summed E-state index contributed by atoms with van der Waals surface area (Å²) in [5, 5.41) is 3.23. The number of hydrogen-bond donors (Lipinski definition) is 2. The third-order valence-electron chi connectivity index (χ3n) is 3.59. The van der Waals surface area contributed by atoms with Gasteiger partial charge in [-0.05, 0) is 36.0 Å². The molecule has 0 aliphatic heterocycles. The van der Waals surface area contributed by atoms with E-state index < -0.39 is 0 Å². The quantitative estimate of drug-likeness (QED) is 0.758. The predicted molar refractivity (Wildman–Crippen MR) is 68.6 cm³/mol. The molecule has 0 aromatic heterocycles. The zero-order valence-electron chi connectivity index (χ0n) is 10.3. The molecule has 0 amide bonds. The Morgan fingerprint density at radius 1 is 1.25 bits per heavy atom. The fourth-order valence-corrected chi connectivity index (χ4v) is 2.48. The summed E-state index contributed by atoms with van der Waals surface area (Å²) in [6, 6.07) is 6.98. The molecule has 0 saturated carbocycles. The van der Waals surface area contributed by atoms with Crippen LogP contribution < -0.4 is 11.1 Å². The first-order chi connectivity index (χ1) is 7.63. The summed E-state index contributed by atoms with van der Waals surface area (Å²) in [4.78, 5) is 0. The van der Waals surface area contributed by atoms with Crippen molar-refractivity contribution in [1.29, 1.82) is 0 Å². The van der Waals surface area contributed by atoms with E-state index in [2.05, 4.69) is 37.4 Å². The van der Waals surface area contributed by atoms with Gasteiger partial charge in [-0.2, -0.15) is 0 Å². The third-order valence-corrected chi connectivity index (χ3v) is 3.59. The second-order valence-electron chi connectivity index (χ2n) is 5.35. The Labute approximate surface area is 98.2 Å². The van der Waals surface area contributed by atoms with Crippen molar-refractivity contribution >= 4 is 0 Å². The number of nitrogens with one attached hydrogen (secondary N) is 1. The topological polar surface area (TPSA) is 38.0 Å². The van der Waals surface area contributed by atoms with Crippen LogP contribution >= 0.6 is 0 Å². The summed E-state index contributed by atoms with van der Waals surface area (Å²) < 4.78 is 0. The zero-order valence-corrected chi connectivity index (χ0v) is 10.3. The lowest BCUT2D eigenvalue weighted by molar-refractivity contribution is 0.474. The first-order valence-corrected chi connectivity index (χ1v) is 6.16. The van der Waals surface area contributed by atoms with Crippen LogP contribution in [-0.4, -0.2) is 13.2 Å². The van der Waals surface area contributed by atoms with Crippen LogP contribution in [0.3, 0.4) is 0 Å². The Bertz CT molecular complexity index is 369. The van der Waals surface area contributed by atoms with E-state index in [1.165, 1.54) is 24.8 Å². The van der Waals surface area contributed by atoms with Crippen molar-refractivity contribution in [2.24, 2.45) is 5.73 Å². The molecule has 0 fully saturated rings. The normalized spacial score (nSPS) is 15.2. The lowest BCUT2D eigenvalue weighted by Crippen LogP contribution is -2.36. The van der Waals surface area contributed by atoms with Crippen molar-refractivity contribution in [2.45, 2.75) is 38.5 Å². The minimum Gasteiger partial charge on any atom is -0.318 e. The highest BCUT2D eigenvalue weighted by Gasteiger charge is 2.22. The average Bonchev–Trinajstić information content (AvgIpc) is 2.73.